The molecule has 0 aromatic carbocycles. The molecular formula is C7H11N3O. The van der Waals surface area contributed by atoms with E-state index in [1.165, 1.54) is 5.56 Å². The van der Waals surface area contributed by atoms with Crippen LogP contribution in [0.3, 0.4) is 0 Å². The molecule has 2 rings (SSSR count). The Morgan fingerprint density at radius 1 is 1.64 bits per heavy atom. The molecule has 2 heterocycles. The molecule has 0 aliphatic carbocycles. The Kier molecular flexibility index (Phi) is 1.63. The van der Waals surface area contributed by atoms with Crippen LogP contribution in [0.25, 0.3) is 0 Å². The summed E-state index contributed by atoms with van der Waals surface area (Å²) in [5, 5.41) is 10.2. The van der Waals surface area contributed by atoms with Gasteiger partial charge in [-0.2, -0.15) is 0 Å². The Hall–Kier alpha value is -0.870. The third kappa shape index (κ3) is 1.04. The van der Waals surface area contributed by atoms with Gasteiger partial charge in [-0.25, -0.2) is 0 Å². The van der Waals surface area contributed by atoms with Gasteiger partial charge in [-0.05, 0) is 7.05 Å². The predicted octanol–water partition coefficient (Wildman–Crippen LogP) is -0.00280. The molecule has 0 amide bonds. The van der Waals surface area contributed by atoms with Gasteiger partial charge in [0.15, 0.2) is 5.76 Å². The standard InChI is InChI=1S/C7H11N3O/c1-8-3-6-5-2-9-4-7(5)11-10-6/h8-9H,2-4H2,1H3. The molecular weight excluding hydrogens is 142 g/mol. The van der Waals surface area contributed by atoms with Crippen molar-refractivity contribution in [1.29, 1.82) is 0 Å². The first kappa shape index (κ1) is 6.82. The smallest absolute Gasteiger partial charge is 0.155 e. The summed E-state index contributed by atoms with van der Waals surface area (Å²) in [6, 6.07) is 0. The topological polar surface area (TPSA) is 50.1 Å². The van der Waals surface area contributed by atoms with Gasteiger partial charge in [0.05, 0.1) is 6.54 Å². The number of nitrogens with one attached hydrogen (secondary N) is 2. The quantitative estimate of drug-likeness (QED) is 0.627. The van der Waals surface area contributed by atoms with Gasteiger partial charge in [-0.15, -0.1) is 0 Å². The highest BCUT2D eigenvalue weighted by molar-refractivity contribution is 5.25. The highest BCUT2D eigenvalue weighted by atomic mass is 16.5. The first-order chi connectivity index (χ1) is 5.42. The van der Waals surface area contributed by atoms with Crippen molar-refractivity contribution in [2.24, 2.45) is 0 Å². The molecule has 1 aromatic rings. The van der Waals surface area contributed by atoms with Gasteiger partial charge in [0, 0.05) is 18.7 Å². The summed E-state index contributed by atoms with van der Waals surface area (Å²) in [5.74, 6) is 0.996. The van der Waals surface area contributed by atoms with Crippen LogP contribution >= 0.6 is 0 Å². The van der Waals surface area contributed by atoms with E-state index in [1.807, 2.05) is 7.05 Å². The normalized spacial score (nSPS) is 15.4. The fraction of sp³-hybridized carbons (Fsp3) is 0.571. The number of aromatic nitrogens is 1. The van der Waals surface area contributed by atoms with E-state index in [0.29, 0.717) is 0 Å². The Labute approximate surface area is 65.0 Å². The van der Waals surface area contributed by atoms with E-state index in [-0.39, 0.29) is 0 Å². The molecule has 0 unspecified atom stereocenters. The molecule has 11 heavy (non-hydrogen) atoms. The molecule has 0 saturated carbocycles. The van der Waals surface area contributed by atoms with E-state index in [1.54, 1.807) is 0 Å². The summed E-state index contributed by atoms with van der Waals surface area (Å²) in [4.78, 5) is 0. The molecule has 0 saturated heterocycles. The molecule has 1 aliphatic heterocycles. The molecule has 4 heteroatoms. The van der Waals surface area contributed by atoms with Crippen LogP contribution in [0, 0.1) is 0 Å². The second-order valence-electron chi connectivity index (χ2n) is 2.66. The van der Waals surface area contributed by atoms with Crippen molar-refractivity contribution >= 4 is 0 Å². The van der Waals surface area contributed by atoms with Crippen molar-refractivity contribution in [3.8, 4) is 0 Å². The van der Waals surface area contributed by atoms with E-state index in [0.717, 1.165) is 31.1 Å². The minimum atomic E-state index is 0.792. The van der Waals surface area contributed by atoms with E-state index in [9.17, 15) is 0 Å². The lowest BCUT2D eigenvalue weighted by Gasteiger charge is -1.94. The zero-order valence-corrected chi connectivity index (χ0v) is 6.48. The van der Waals surface area contributed by atoms with Crippen LogP contribution in [-0.4, -0.2) is 12.2 Å². The first-order valence-corrected chi connectivity index (χ1v) is 3.73. The molecule has 1 aromatic heterocycles. The van der Waals surface area contributed by atoms with E-state index in [2.05, 4.69) is 15.8 Å². The largest absolute Gasteiger partial charge is 0.359 e. The molecule has 4 nitrogen and oxygen atoms in total. The van der Waals surface area contributed by atoms with Crippen LogP contribution in [0.15, 0.2) is 4.52 Å². The number of fused-ring (bicyclic) bond motifs is 1. The van der Waals surface area contributed by atoms with Gasteiger partial charge >= 0.3 is 0 Å². The SMILES string of the molecule is CNCc1noc2c1CNC2. The fourth-order valence-corrected chi connectivity index (χ4v) is 1.33. The molecule has 2 N–H and O–H groups in total. The summed E-state index contributed by atoms with van der Waals surface area (Å²) >= 11 is 0. The van der Waals surface area contributed by atoms with Crippen LogP contribution in [0.1, 0.15) is 17.0 Å². The Morgan fingerprint density at radius 2 is 2.55 bits per heavy atom. The molecule has 0 spiro atoms. The Balaban J connectivity index is 2.27. The lowest BCUT2D eigenvalue weighted by molar-refractivity contribution is 0.373. The van der Waals surface area contributed by atoms with Crippen molar-refractivity contribution in [2.75, 3.05) is 7.05 Å². The minimum Gasteiger partial charge on any atom is -0.359 e. The lowest BCUT2D eigenvalue weighted by atomic mass is 10.2. The minimum absolute atomic E-state index is 0.792. The number of nitrogens with zero attached hydrogens (tertiary/aromatic N) is 1. The Bertz CT molecular complexity index is 256. The Morgan fingerprint density at radius 3 is 3.36 bits per heavy atom. The number of hydrogen-bond acceptors (Lipinski definition) is 4. The van der Waals surface area contributed by atoms with Gasteiger partial charge in [-0.3, -0.25) is 0 Å². The number of hydrogen-bond donors (Lipinski definition) is 2. The van der Waals surface area contributed by atoms with Crippen LogP contribution in [0.4, 0.5) is 0 Å². The van der Waals surface area contributed by atoms with Crippen molar-refractivity contribution < 1.29 is 4.52 Å². The first-order valence-electron chi connectivity index (χ1n) is 3.73. The summed E-state index contributed by atoms with van der Waals surface area (Å²) < 4.78 is 5.11. The van der Waals surface area contributed by atoms with Gasteiger partial charge in [0.1, 0.15) is 5.69 Å². The highest BCUT2D eigenvalue weighted by Crippen LogP contribution is 2.18. The monoisotopic (exact) mass is 153 g/mol. The molecule has 60 valence electrons. The van der Waals surface area contributed by atoms with Crippen molar-refractivity contribution in [3.05, 3.63) is 17.0 Å². The predicted molar refractivity (Wildman–Crippen MR) is 39.8 cm³/mol. The molecule has 0 fully saturated rings. The maximum absolute atomic E-state index is 5.11. The maximum atomic E-state index is 5.11. The summed E-state index contributed by atoms with van der Waals surface area (Å²) in [6.07, 6.45) is 0. The average molecular weight is 153 g/mol. The van der Waals surface area contributed by atoms with Crippen molar-refractivity contribution in [2.45, 2.75) is 19.6 Å². The summed E-state index contributed by atoms with van der Waals surface area (Å²) in [5.41, 5.74) is 2.27. The third-order valence-corrected chi connectivity index (χ3v) is 1.88. The molecule has 1 aliphatic rings. The van der Waals surface area contributed by atoms with E-state index in [4.69, 9.17) is 4.52 Å². The van der Waals surface area contributed by atoms with Gasteiger partial charge in [0.2, 0.25) is 0 Å². The second-order valence-corrected chi connectivity index (χ2v) is 2.66. The van der Waals surface area contributed by atoms with Crippen LogP contribution in [0.2, 0.25) is 0 Å². The van der Waals surface area contributed by atoms with Crippen LogP contribution in [0.5, 0.6) is 0 Å². The van der Waals surface area contributed by atoms with Crippen LogP contribution in [-0.2, 0) is 19.6 Å². The van der Waals surface area contributed by atoms with E-state index < -0.39 is 0 Å². The van der Waals surface area contributed by atoms with E-state index >= 15 is 0 Å². The van der Waals surface area contributed by atoms with Gasteiger partial charge in [0.25, 0.3) is 0 Å². The number of rotatable bonds is 2. The fourth-order valence-electron chi connectivity index (χ4n) is 1.33. The van der Waals surface area contributed by atoms with Gasteiger partial charge < -0.3 is 15.2 Å². The van der Waals surface area contributed by atoms with Crippen LogP contribution < -0.4 is 10.6 Å². The zero-order valence-electron chi connectivity index (χ0n) is 6.48. The summed E-state index contributed by atoms with van der Waals surface area (Å²) in [6.45, 7) is 2.52. The lowest BCUT2D eigenvalue weighted by Crippen LogP contribution is -2.09. The highest BCUT2D eigenvalue weighted by Gasteiger charge is 2.19. The third-order valence-electron chi connectivity index (χ3n) is 1.88. The summed E-state index contributed by atoms with van der Waals surface area (Å²) in [7, 11) is 1.91. The maximum Gasteiger partial charge on any atom is 0.155 e. The second kappa shape index (κ2) is 2.64. The molecule has 0 radical (unpaired) electrons. The molecule has 0 atom stereocenters. The van der Waals surface area contributed by atoms with Crippen molar-refractivity contribution in [3.63, 3.8) is 0 Å². The average Bonchev–Trinajstić information content (AvgIpc) is 2.53. The van der Waals surface area contributed by atoms with Gasteiger partial charge in [-0.1, -0.05) is 5.16 Å². The van der Waals surface area contributed by atoms with Crippen molar-refractivity contribution in [1.82, 2.24) is 15.8 Å². The zero-order chi connectivity index (χ0) is 7.68. The molecule has 0 bridgehead atoms.